The Balaban J connectivity index is 1.84. The molecule has 3 heterocycles. The van der Waals surface area contributed by atoms with Crippen LogP contribution in [-0.2, 0) is 0 Å². The van der Waals surface area contributed by atoms with E-state index in [2.05, 4.69) is 46.2 Å². The standard InChI is InChI=1S/C17H20N4OS/c1-11-5-7-13(8-6-11)14(20-9-3-4-10-20)15-16(22)21-17(23-15)18-12(2)19-21/h5-8,14,22H,3-4,9-10H2,1-2H3. The van der Waals surface area contributed by atoms with E-state index in [-0.39, 0.29) is 11.9 Å². The van der Waals surface area contributed by atoms with Gasteiger partial charge in [-0.15, -0.1) is 5.10 Å². The van der Waals surface area contributed by atoms with Crippen molar-refractivity contribution in [2.24, 2.45) is 0 Å². The van der Waals surface area contributed by atoms with Crippen molar-refractivity contribution in [1.29, 1.82) is 0 Å². The molecule has 0 spiro atoms. The average molecular weight is 328 g/mol. The Morgan fingerprint density at radius 3 is 2.48 bits per heavy atom. The third kappa shape index (κ3) is 2.52. The van der Waals surface area contributed by atoms with Crippen LogP contribution in [0.1, 0.15) is 40.7 Å². The van der Waals surface area contributed by atoms with Crippen LogP contribution in [0, 0.1) is 13.8 Å². The number of hydrogen-bond acceptors (Lipinski definition) is 5. The van der Waals surface area contributed by atoms with E-state index >= 15 is 0 Å². The molecule has 1 aromatic carbocycles. The summed E-state index contributed by atoms with van der Waals surface area (Å²) in [7, 11) is 0. The third-order valence-corrected chi connectivity index (χ3v) is 5.53. The maximum Gasteiger partial charge on any atom is 0.230 e. The van der Waals surface area contributed by atoms with Crippen LogP contribution >= 0.6 is 11.3 Å². The van der Waals surface area contributed by atoms with Crippen LogP contribution in [0.2, 0.25) is 0 Å². The molecule has 5 nitrogen and oxygen atoms in total. The number of aromatic hydroxyl groups is 1. The Labute approximate surface area is 139 Å². The lowest BCUT2D eigenvalue weighted by molar-refractivity contribution is 0.277. The second kappa shape index (κ2) is 5.62. The Hall–Kier alpha value is -1.92. The first-order chi connectivity index (χ1) is 11.1. The van der Waals surface area contributed by atoms with E-state index in [0.717, 1.165) is 22.9 Å². The quantitative estimate of drug-likeness (QED) is 0.801. The molecule has 6 heteroatoms. The largest absolute Gasteiger partial charge is 0.492 e. The lowest BCUT2D eigenvalue weighted by atomic mass is 10.0. The molecule has 2 aromatic heterocycles. The summed E-state index contributed by atoms with van der Waals surface area (Å²) < 4.78 is 1.56. The molecular formula is C17H20N4OS. The molecule has 120 valence electrons. The highest BCUT2D eigenvalue weighted by molar-refractivity contribution is 7.17. The molecule has 0 aliphatic carbocycles. The Morgan fingerprint density at radius 1 is 1.13 bits per heavy atom. The van der Waals surface area contributed by atoms with Crippen molar-refractivity contribution in [3.8, 4) is 5.88 Å². The lowest BCUT2D eigenvalue weighted by Crippen LogP contribution is -2.26. The summed E-state index contributed by atoms with van der Waals surface area (Å²) in [5.74, 6) is 0.911. The molecule has 1 atom stereocenters. The molecule has 1 fully saturated rings. The fraction of sp³-hybridized carbons (Fsp3) is 0.412. The van der Waals surface area contributed by atoms with E-state index in [4.69, 9.17) is 0 Å². The lowest BCUT2D eigenvalue weighted by Gasteiger charge is -2.27. The van der Waals surface area contributed by atoms with E-state index in [1.165, 1.54) is 35.3 Å². The minimum Gasteiger partial charge on any atom is -0.492 e. The zero-order chi connectivity index (χ0) is 16.0. The van der Waals surface area contributed by atoms with Crippen molar-refractivity contribution in [3.05, 3.63) is 46.1 Å². The molecule has 1 unspecified atom stereocenters. The van der Waals surface area contributed by atoms with Gasteiger partial charge in [0, 0.05) is 0 Å². The molecule has 1 aliphatic rings. The van der Waals surface area contributed by atoms with Gasteiger partial charge in [0.1, 0.15) is 5.82 Å². The van der Waals surface area contributed by atoms with Crippen molar-refractivity contribution in [3.63, 3.8) is 0 Å². The number of nitrogens with zero attached hydrogens (tertiary/aromatic N) is 4. The number of aromatic nitrogens is 3. The van der Waals surface area contributed by atoms with Gasteiger partial charge in [-0.1, -0.05) is 41.2 Å². The number of hydrogen-bond donors (Lipinski definition) is 1. The van der Waals surface area contributed by atoms with Gasteiger partial charge in [0.25, 0.3) is 0 Å². The molecule has 3 aromatic rings. The minimum atomic E-state index is 0.0758. The van der Waals surface area contributed by atoms with Crippen LogP contribution in [-0.4, -0.2) is 37.7 Å². The van der Waals surface area contributed by atoms with Crippen LogP contribution in [0.3, 0.4) is 0 Å². The molecule has 0 radical (unpaired) electrons. The van der Waals surface area contributed by atoms with E-state index in [9.17, 15) is 5.11 Å². The molecular weight excluding hydrogens is 308 g/mol. The summed E-state index contributed by atoms with van der Waals surface area (Å²) >= 11 is 1.54. The smallest absolute Gasteiger partial charge is 0.230 e. The highest BCUT2D eigenvalue weighted by Crippen LogP contribution is 2.41. The zero-order valence-corrected chi connectivity index (χ0v) is 14.2. The van der Waals surface area contributed by atoms with Crippen molar-refractivity contribution >= 4 is 16.3 Å². The highest BCUT2D eigenvalue weighted by atomic mass is 32.1. The van der Waals surface area contributed by atoms with E-state index in [1.54, 1.807) is 4.52 Å². The van der Waals surface area contributed by atoms with Gasteiger partial charge >= 0.3 is 0 Å². The zero-order valence-electron chi connectivity index (χ0n) is 13.4. The van der Waals surface area contributed by atoms with Crippen molar-refractivity contribution in [2.45, 2.75) is 32.7 Å². The molecule has 4 rings (SSSR count). The van der Waals surface area contributed by atoms with E-state index in [0.29, 0.717) is 5.82 Å². The van der Waals surface area contributed by atoms with Gasteiger partial charge in [0.15, 0.2) is 0 Å². The van der Waals surface area contributed by atoms with Gasteiger partial charge in [-0.3, -0.25) is 4.90 Å². The predicted octanol–water partition coefficient (Wildman–Crippen LogP) is 3.30. The van der Waals surface area contributed by atoms with Crippen LogP contribution in [0.25, 0.3) is 4.96 Å². The number of benzene rings is 1. The van der Waals surface area contributed by atoms with Gasteiger partial charge in [0.2, 0.25) is 10.8 Å². The number of likely N-dealkylation sites (tertiary alicyclic amines) is 1. The fourth-order valence-electron chi connectivity index (χ4n) is 3.30. The maximum absolute atomic E-state index is 10.7. The SMILES string of the molecule is Cc1ccc(C(c2sc3nc(C)nn3c2O)N2CCCC2)cc1. The maximum atomic E-state index is 10.7. The summed E-state index contributed by atoms with van der Waals surface area (Å²) in [6.45, 7) is 6.06. The second-order valence-corrected chi connectivity index (χ2v) is 7.21. The first-order valence-electron chi connectivity index (χ1n) is 7.99. The monoisotopic (exact) mass is 328 g/mol. The van der Waals surface area contributed by atoms with E-state index < -0.39 is 0 Å². The summed E-state index contributed by atoms with van der Waals surface area (Å²) in [6, 6.07) is 8.68. The van der Waals surface area contributed by atoms with Crippen LogP contribution in [0.15, 0.2) is 24.3 Å². The number of rotatable bonds is 3. The summed E-state index contributed by atoms with van der Waals surface area (Å²) in [6.07, 6.45) is 2.42. The van der Waals surface area contributed by atoms with Gasteiger partial charge < -0.3 is 5.11 Å². The van der Waals surface area contributed by atoms with Gasteiger partial charge in [0.05, 0.1) is 10.9 Å². The van der Waals surface area contributed by atoms with E-state index in [1.807, 2.05) is 6.92 Å². The van der Waals surface area contributed by atoms with Crippen molar-refractivity contribution in [2.75, 3.05) is 13.1 Å². The average Bonchev–Trinajstić information content (AvgIpc) is 3.22. The fourth-order valence-corrected chi connectivity index (χ4v) is 4.47. The number of aryl methyl sites for hydroxylation is 2. The first-order valence-corrected chi connectivity index (χ1v) is 8.81. The van der Waals surface area contributed by atoms with Gasteiger partial charge in [-0.25, -0.2) is 4.98 Å². The van der Waals surface area contributed by atoms with Crippen molar-refractivity contribution < 1.29 is 5.11 Å². The summed E-state index contributed by atoms with van der Waals surface area (Å²) in [4.78, 5) is 8.54. The summed E-state index contributed by atoms with van der Waals surface area (Å²) in [5, 5.41) is 15.0. The highest BCUT2D eigenvalue weighted by Gasteiger charge is 2.30. The molecule has 0 amide bonds. The minimum absolute atomic E-state index is 0.0758. The Bertz CT molecular complexity index is 830. The normalized spacial score (nSPS) is 17.1. The first kappa shape index (κ1) is 14.7. The molecule has 0 bridgehead atoms. The predicted molar refractivity (Wildman–Crippen MR) is 91.1 cm³/mol. The van der Waals surface area contributed by atoms with Gasteiger partial charge in [-0.2, -0.15) is 4.52 Å². The Morgan fingerprint density at radius 2 is 1.83 bits per heavy atom. The summed E-state index contributed by atoms with van der Waals surface area (Å²) in [5.41, 5.74) is 2.46. The third-order valence-electron chi connectivity index (χ3n) is 4.45. The van der Waals surface area contributed by atoms with Crippen LogP contribution < -0.4 is 0 Å². The van der Waals surface area contributed by atoms with Crippen LogP contribution in [0.5, 0.6) is 5.88 Å². The number of fused-ring (bicyclic) bond motifs is 1. The molecule has 0 saturated carbocycles. The second-order valence-electron chi connectivity index (χ2n) is 6.20. The molecule has 1 aliphatic heterocycles. The molecule has 1 saturated heterocycles. The van der Waals surface area contributed by atoms with Crippen LogP contribution in [0.4, 0.5) is 0 Å². The van der Waals surface area contributed by atoms with Crippen molar-refractivity contribution in [1.82, 2.24) is 19.5 Å². The molecule has 1 N–H and O–H groups in total. The van der Waals surface area contributed by atoms with Gasteiger partial charge in [-0.05, 0) is 45.3 Å². The Kier molecular flexibility index (Phi) is 3.58. The molecule has 23 heavy (non-hydrogen) atoms. The number of thiazole rings is 1. The topological polar surface area (TPSA) is 53.7 Å².